The van der Waals surface area contributed by atoms with Crippen LogP contribution in [0, 0.1) is 5.41 Å². The number of benzene rings is 2. The minimum Gasteiger partial charge on any atom is -0.370 e. The van der Waals surface area contributed by atoms with Gasteiger partial charge in [0.25, 0.3) is 5.91 Å². The quantitative estimate of drug-likeness (QED) is 0.157. The number of imide groups is 1. The van der Waals surface area contributed by atoms with Gasteiger partial charge < -0.3 is 9.80 Å². The van der Waals surface area contributed by atoms with E-state index in [0.717, 1.165) is 57.5 Å². The monoisotopic (exact) mass is 854 g/mol. The molecule has 3 amide bonds. The number of H-pyrrole nitrogens is 1. The molecule has 4 aromatic rings. The summed E-state index contributed by atoms with van der Waals surface area (Å²) >= 11 is 0. The Balaban J connectivity index is 0.000000184. The lowest BCUT2D eigenvalue weighted by molar-refractivity contribution is -0.155. The van der Waals surface area contributed by atoms with Gasteiger partial charge in [-0.05, 0) is 110 Å². The van der Waals surface area contributed by atoms with Crippen LogP contribution in [0.15, 0.2) is 48.8 Å². The number of pyridine rings is 1. The number of carbonyl (C=O) groups is 4. The largest absolute Gasteiger partial charge is 0.401 e. The molecule has 2 aromatic carbocycles. The lowest BCUT2D eigenvalue weighted by atomic mass is 9.72. The van der Waals surface area contributed by atoms with Crippen molar-refractivity contribution >= 4 is 40.1 Å². The molecule has 2 unspecified atom stereocenters. The molecule has 2 saturated heterocycles. The number of amides is 3. The summed E-state index contributed by atoms with van der Waals surface area (Å²) in [6.45, 7) is 11.2. The lowest BCUT2D eigenvalue weighted by Crippen LogP contribution is -2.52. The highest BCUT2D eigenvalue weighted by molar-refractivity contribution is 6.05. The molecule has 5 aliphatic rings. The number of fused-ring (bicyclic) bond motifs is 5. The minimum absolute atomic E-state index is 0.125. The molecule has 2 N–H and O–H groups in total. The molecule has 0 bridgehead atoms. The Morgan fingerprint density at radius 2 is 1.66 bits per heavy atom. The van der Waals surface area contributed by atoms with Gasteiger partial charge in [0.15, 0.2) is 0 Å². The van der Waals surface area contributed by atoms with E-state index >= 15 is 0 Å². The van der Waals surface area contributed by atoms with Crippen molar-refractivity contribution in [2.24, 2.45) is 5.41 Å². The number of hydrogen-bond acceptors (Lipinski definition) is 9. The van der Waals surface area contributed by atoms with Crippen molar-refractivity contribution in [2.45, 2.75) is 129 Å². The van der Waals surface area contributed by atoms with E-state index in [1.165, 1.54) is 38.5 Å². The fraction of sp³-hybridized carbons (Fsp3) is 0.532. The molecule has 330 valence electrons. The molecule has 0 radical (unpaired) electrons. The van der Waals surface area contributed by atoms with Gasteiger partial charge in [0.05, 0.1) is 48.4 Å². The maximum Gasteiger partial charge on any atom is 0.401 e. The standard InChI is InChI=1S/C29H38F3N5.C18H19N3O4/c1-4-10-28(11-5-2)12-14-36(15-13-28)21-6-8-26(33-17-21)27-22-7-9-25-24(18-34-35-25)23(22)16-20(3)37(27)19-29(30,31)32;1-10(22)6-20-7-11-4-13-9-21(15-2-3-16(23)19-17(15)24)18(25)14(13)5-12(11)8-20/h6-9,17-18,20,27H,4-5,10-16,19H2,1-3H3,(H,34,35);4-5,15H,2-3,6-9H2,1H3,(H,19,23,24)/t20-,27?;/m1./s1. The molecule has 2 aromatic heterocycles. The summed E-state index contributed by atoms with van der Waals surface area (Å²) in [5.74, 6) is -0.703. The predicted molar refractivity (Wildman–Crippen MR) is 229 cm³/mol. The summed E-state index contributed by atoms with van der Waals surface area (Å²) in [6, 6.07) is 10.3. The van der Waals surface area contributed by atoms with Crippen LogP contribution >= 0.6 is 0 Å². The summed E-state index contributed by atoms with van der Waals surface area (Å²) < 4.78 is 41.0. The number of nitrogens with one attached hydrogen (secondary N) is 2. The topological polar surface area (TPSA) is 135 Å². The molecule has 9 rings (SSSR count). The molecule has 7 heterocycles. The second-order valence-corrected chi connectivity index (χ2v) is 18.2. The van der Waals surface area contributed by atoms with Crippen LogP contribution in [0.1, 0.15) is 129 Å². The van der Waals surface area contributed by atoms with Crippen LogP contribution in [-0.2, 0) is 40.4 Å². The highest BCUT2D eigenvalue weighted by atomic mass is 19.4. The van der Waals surface area contributed by atoms with Crippen molar-refractivity contribution in [3.05, 3.63) is 87.9 Å². The number of aromatic nitrogens is 3. The maximum atomic E-state index is 13.7. The third kappa shape index (κ3) is 8.88. The van der Waals surface area contributed by atoms with E-state index in [4.69, 9.17) is 4.98 Å². The molecule has 0 aliphatic carbocycles. The number of anilines is 1. The van der Waals surface area contributed by atoms with Crippen molar-refractivity contribution in [2.75, 3.05) is 31.1 Å². The number of halogens is 3. The van der Waals surface area contributed by atoms with E-state index < -0.39 is 30.7 Å². The van der Waals surface area contributed by atoms with Gasteiger partial charge in [-0.15, -0.1) is 0 Å². The Morgan fingerprint density at radius 1 is 0.935 bits per heavy atom. The Morgan fingerprint density at radius 3 is 2.31 bits per heavy atom. The Kier molecular flexibility index (Phi) is 12.3. The van der Waals surface area contributed by atoms with E-state index in [0.29, 0.717) is 55.7 Å². The maximum absolute atomic E-state index is 13.7. The van der Waals surface area contributed by atoms with Crippen molar-refractivity contribution in [1.29, 1.82) is 0 Å². The van der Waals surface area contributed by atoms with Crippen LogP contribution in [0.5, 0.6) is 0 Å². The smallest absolute Gasteiger partial charge is 0.370 e. The first-order valence-corrected chi connectivity index (χ1v) is 22.1. The van der Waals surface area contributed by atoms with Crippen LogP contribution in [0.3, 0.4) is 0 Å². The Labute approximate surface area is 360 Å². The van der Waals surface area contributed by atoms with E-state index in [9.17, 15) is 32.3 Å². The van der Waals surface area contributed by atoms with Gasteiger partial charge in [0.2, 0.25) is 11.8 Å². The fourth-order valence-electron chi connectivity index (χ4n) is 10.8. The highest BCUT2D eigenvalue weighted by Crippen LogP contribution is 2.44. The summed E-state index contributed by atoms with van der Waals surface area (Å²) in [4.78, 5) is 59.8. The molecule has 3 atom stereocenters. The SMILES string of the molecule is CC(=O)CN1Cc2cc3c(cc2C1)C(=O)N(C1CCC(=O)NC1=O)C3.CCCC1(CCC)CCN(c2ccc(C3c4ccc5[nH]ncc5c4C[C@@H](C)N3CC(F)(F)F)nc2)CC1. The first-order valence-electron chi connectivity index (χ1n) is 22.1. The average Bonchev–Trinajstić information content (AvgIpc) is 3.94. The van der Waals surface area contributed by atoms with Gasteiger partial charge in [-0.2, -0.15) is 18.3 Å². The summed E-state index contributed by atoms with van der Waals surface area (Å²) in [5, 5.41) is 10.4. The van der Waals surface area contributed by atoms with Crippen molar-refractivity contribution in [3.8, 4) is 0 Å². The van der Waals surface area contributed by atoms with Crippen molar-refractivity contribution in [1.82, 2.24) is 35.2 Å². The molecule has 5 aliphatic heterocycles. The number of hydrogen-bond donors (Lipinski definition) is 2. The van der Waals surface area contributed by atoms with Gasteiger partial charge in [-0.25, -0.2) is 0 Å². The Hall–Kier alpha value is -5.15. The first kappa shape index (κ1) is 43.5. The average molecular weight is 855 g/mol. The van der Waals surface area contributed by atoms with Crippen LogP contribution in [-0.4, -0.2) is 97.8 Å². The molecule has 2 fully saturated rings. The van der Waals surface area contributed by atoms with Gasteiger partial charge in [-0.1, -0.05) is 38.8 Å². The molecular weight excluding hydrogens is 798 g/mol. The highest BCUT2D eigenvalue weighted by Gasteiger charge is 2.43. The number of piperidine rings is 2. The molecule has 15 heteroatoms. The van der Waals surface area contributed by atoms with E-state index in [1.54, 1.807) is 22.9 Å². The number of carbonyl (C=O) groups excluding carboxylic acids is 4. The minimum atomic E-state index is -4.29. The Bertz CT molecular complexity index is 2330. The van der Waals surface area contributed by atoms with Crippen LogP contribution in [0.25, 0.3) is 10.9 Å². The summed E-state index contributed by atoms with van der Waals surface area (Å²) in [6.07, 6.45) is 7.90. The second kappa shape index (κ2) is 17.5. The van der Waals surface area contributed by atoms with Gasteiger partial charge in [-0.3, -0.25) is 44.4 Å². The van der Waals surface area contributed by atoms with E-state index in [2.05, 4.69) is 45.2 Å². The molecule has 0 spiro atoms. The number of alkyl halides is 3. The zero-order valence-electron chi connectivity index (χ0n) is 36.1. The van der Waals surface area contributed by atoms with Crippen LogP contribution in [0.2, 0.25) is 0 Å². The number of ketones is 1. The number of nitrogens with zero attached hydrogens (tertiary/aromatic N) is 6. The predicted octanol–water partition coefficient (Wildman–Crippen LogP) is 7.40. The zero-order chi connectivity index (χ0) is 43.9. The fourth-order valence-corrected chi connectivity index (χ4v) is 10.8. The molecular formula is C47H57F3N8O4. The summed E-state index contributed by atoms with van der Waals surface area (Å²) in [5.41, 5.74) is 8.78. The number of Topliss-reactive ketones (excluding diaryl/α,β-unsaturated/α-hetero) is 1. The van der Waals surface area contributed by atoms with E-state index in [1.807, 2.05) is 43.5 Å². The summed E-state index contributed by atoms with van der Waals surface area (Å²) in [7, 11) is 0. The zero-order valence-corrected chi connectivity index (χ0v) is 36.1. The molecule has 12 nitrogen and oxygen atoms in total. The van der Waals surface area contributed by atoms with Crippen LogP contribution < -0.4 is 10.2 Å². The van der Waals surface area contributed by atoms with Crippen molar-refractivity contribution in [3.63, 3.8) is 0 Å². The third-order valence-electron chi connectivity index (χ3n) is 13.7. The lowest BCUT2D eigenvalue weighted by Gasteiger charge is -2.43. The van der Waals surface area contributed by atoms with Gasteiger partial charge in [0.1, 0.15) is 11.8 Å². The number of aromatic amines is 1. The van der Waals surface area contributed by atoms with Gasteiger partial charge >= 0.3 is 6.18 Å². The number of rotatable bonds is 10. The van der Waals surface area contributed by atoms with Gasteiger partial charge in [0, 0.05) is 56.1 Å². The normalized spacial score (nSPS) is 22.6. The molecule has 0 saturated carbocycles. The molecule has 62 heavy (non-hydrogen) atoms. The first-order chi connectivity index (χ1) is 29.7. The third-order valence-corrected chi connectivity index (χ3v) is 13.7. The van der Waals surface area contributed by atoms with Crippen molar-refractivity contribution < 1.29 is 32.3 Å². The second-order valence-electron chi connectivity index (χ2n) is 18.2. The van der Waals surface area contributed by atoms with Crippen LogP contribution in [0.4, 0.5) is 18.9 Å². The van der Waals surface area contributed by atoms with E-state index in [-0.39, 0.29) is 30.1 Å².